The molecule has 1 saturated heterocycles. The van der Waals surface area contributed by atoms with E-state index < -0.39 is 28.9 Å². The van der Waals surface area contributed by atoms with E-state index in [1.807, 2.05) is 0 Å². The van der Waals surface area contributed by atoms with E-state index in [2.05, 4.69) is 0 Å². The summed E-state index contributed by atoms with van der Waals surface area (Å²) in [6.07, 6.45) is -0.114. The summed E-state index contributed by atoms with van der Waals surface area (Å²) in [6.45, 7) is 0.289. The fourth-order valence-corrected chi connectivity index (χ4v) is 4.55. The van der Waals surface area contributed by atoms with Crippen LogP contribution in [0.2, 0.25) is 0 Å². The number of carbonyl (C=O) groups excluding carboxylic acids is 2. The first kappa shape index (κ1) is 25.8. The number of para-hydroxylation sites is 1. The minimum atomic E-state index is -1.37. The Labute approximate surface area is 213 Å². The Hall–Kier alpha value is -4.27. The molecular formula is C28H27F2N3O4. The van der Waals surface area contributed by atoms with Crippen molar-refractivity contribution in [3.8, 4) is 0 Å². The van der Waals surface area contributed by atoms with E-state index in [0.717, 1.165) is 0 Å². The van der Waals surface area contributed by atoms with Crippen LogP contribution in [0.5, 0.6) is 0 Å². The second kappa shape index (κ2) is 10.8. The molecular weight excluding hydrogens is 480 g/mol. The number of carboxylic acid groups (broad SMARTS) is 1. The van der Waals surface area contributed by atoms with E-state index in [9.17, 15) is 28.3 Å². The lowest BCUT2D eigenvalue weighted by atomic mass is 9.75. The average molecular weight is 508 g/mol. The van der Waals surface area contributed by atoms with Crippen LogP contribution >= 0.6 is 0 Å². The van der Waals surface area contributed by atoms with Gasteiger partial charge in [0.15, 0.2) is 0 Å². The summed E-state index contributed by atoms with van der Waals surface area (Å²) >= 11 is 0. The Balaban J connectivity index is 1.51. The van der Waals surface area contributed by atoms with E-state index in [1.54, 1.807) is 37.4 Å². The van der Waals surface area contributed by atoms with Crippen molar-refractivity contribution in [1.29, 1.82) is 0 Å². The lowest BCUT2D eigenvalue weighted by molar-refractivity contribution is -0.154. The molecule has 1 aliphatic heterocycles. The van der Waals surface area contributed by atoms with Crippen molar-refractivity contribution >= 4 is 35.0 Å². The number of carbonyl (C=O) groups is 3. The number of piperidine rings is 1. The van der Waals surface area contributed by atoms with E-state index in [4.69, 9.17) is 0 Å². The molecule has 0 saturated carbocycles. The van der Waals surface area contributed by atoms with Gasteiger partial charge >= 0.3 is 12.0 Å². The molecule has 37 heavy (non-hydrogen) atoms. The fraction of sp³-hybridized carbons (Fsp3) is 0.250. The van der Waals surface area contributed by atoms with Crippen molar-refractivity contribution in [2.24, 2.45) is 5.41 Å². The van der Waals surface area contributed by atoms with Gasteiger partial charge < -0.3 is 10.0 Å². The van der Waals surface area contributed by atoms with Crippen LogP contribution < -0.4 is 9.80 Å². The third kappa shape index (κ3) is 5.61. The van der Waals surface area contributed by atoms with Gasteiger partial charge in [0.05, 0.1) is 5.41 Å². The Kier molecular flexibility index (Phi) is 7.52. The predicted octanol–water partition coefficient (Wildman–Crippen LogP) is 5.44. The molecule has 1 heterocycles. The van der Waals surface area contributed by atoms with E-state index in [0.29, 0.717) is 17.1 Å². The van der Waals surface area contributed by atoms with Gasteiger partial charge in [-0.3, -0.25) is 19.4 Å². The van der Waals surface area contributed by atoms with E-state index >= 15 is 0 Å². The average Bonchev–Trinajstić information content (AvgIpc) is 2.90. The lowest BCUT2D eigenvalue weighted by Gasteiger charge is -2.40. The van der Waals surface area contributed by atoms with Gasteiger partial charge in [-0.25, -0.2) is 13.6 Å². The minimum absolute atomic E-state index is 0.0864. The maximum absolute atomic E-state index is 13.6. The topological polar surface area (TPSA) is 81.2 Å². The number of hydrogen-bond acceptors (Lipinski definition) is 3. The summed E-state index contributed by atoms with van der Waals surface area (Å²) in [7, 11) is 1.57. The van der Waals surface area contributed by atoms with Gasteiger partial charge in [-0.2, -0.15) is 0 Å². The molecule has 3 aromatic rings. The second-order valence-electron chi connectivity index (χ2n) is 9.11. The molecule has 3 aromatic carbocycles. The Morgan fingerprint density at radius 3 is 1.81 bits per heavy atom. The molecule has 4 rings (SSSR count). The number of halogens is 2. The number of amides is 3. The number of nitrogens with zero attached hydrogens (tertiary/aromatic N) is 3. The standard InChI is InChI=1S/C28H27F2N3O4/c1-31(22-11-7-20(29)8-12-22)27(37)32-17-15-28(16-18-32,26(35)36)19-25(34)33(23-5-3-2-4-6-23)24-13-9-21(30)10-14-24/h2-14H,15-19H2,1H3,(H,35,36). The highest BCUT2D eigenvalue weighted by molar-refractivity contribution is 6.02. The number of anilines is 3. The van der Waals surface area contributed by atoms with Crippen molar-refractivity contribution in [3.63, 3.8) is 0 Å². The van der Waals surface area contributed by atoms with Gasteiger partial charge in [0.2, 0.25) is 5.91 Å². The van der Waals surface area contributed by atoms with Crippen LogP contribution in [0.25, 0.3) is 0 Å². The van der Waals surface area contributed by atoms with E-state index in [1.165, 1.54) is 63.2 Å². The highest BCUT2D eigenvalue weighted by Crippen LogP contribution is 2.38. The number of carboxylic acids is 1. The minimum Gasteiger partial charge on any atom is -0.481 e. The van der Waals surface area contributed by atoms with Crippen molar-refractivity contribution < 1.29 is 28.3 Å². The van der Waals surface area contributed by atoms with Gasteiger partial charge in [-0.1, -0.05) is 18.2 Å². The summed E-state index contributed by atoms with van der Waals surface area (Å²) < 4.78 is 26.8. The van der Waals surface area contributed by atoms with Crippen molar-refractivity contribution in [1.82, 2.24) is 4.90 Å². The monoisotopic (exact) mass is 507 g/mol. The maximum atomic E-state index is 13.6. The van der Waals surface area contributed by atoms with Crippen LogP contribution in [0.4, 0.5) is 30.6 Å². The Morgan fingerprint density at radius 1 is 0.811 bits per heavy atom. The maximum Gasteiger partial charge on any atom is 0.324 e. The largest absolute Gasteiger partial charge is 0.481 e. The summed E-state index contributed by atoms with van der Waals surface area (Å²) in [5.74, 6) is -2.41. The number of aliphatic carboxylic acids is 1. The molecule has 9 heteroatoms. The van der Waals surface area contributed by atoms with Crippen molar-refractivity contribution in [2.75, 3.05) is 29.9 Å². The highest BCUT2D eigenvalue weighted by atomic mass is 19.1. The zero-order chi connectivity index (χ0) is 26.6. The van der Waals surface area contributed by atoms with Crippen LogP contribution in [0.1, 0.15) is 19.3 Å². The number of rotatable bonds is 6. The Morgan fingerprint density at radius 2 is 1.30 bits per heavy atom. The number of likely N-dealkylation sites (tertiary alicyclic amines) is 1. The van der Waals surface area contributed by atoms with Crippen molar-refractivity contribution in [3.05, 3.63) is 90.5 Å². The SMILES string of the molecule is CN(C(=O)N1CCC(CC(=O)N(c2ccccc2)c2ccc(F)cc2)(C(=O)O)CC1)c1ccc(F)cc1. The van der Waals surface area contributed by atoms with Crippen LogP contribution in [-0.2, 0) is 9.59 Å². The normalized spacial score (nSPS) is 14.6. The fourth-order valence-electron chi connectivity index (χ4n) is 4.55. The summed E-state index contributed by atoms with van der Waals surface area (Å²) in [4.78, 5) is 43.3. The van der Waals surface area contributed by atoms with Crippen LogP contribution in [-0.4, -0.2) is 48.1 Å². The molecule has 3 amide bonds. The van der Waals surface area contributed by atoms with E-state index in [-0.39, 0.29) is 38.4 Å². The first-order valence-corrected chi connectivity index (χ1v) is 11.9. The van der Waals surface area contributed by atoms with Crippen LogP contribution in [0, 0.1) is 17.0 Å². The van der Waals surface area contributed by atoms with Gasteiger partial charge in [0.25, 0.3) is 0 Å². The molecule has 7 nitrogen and oxygen atoms in total. The quantitative estimate of drug-likeness (QED) is 0.482. The molecule has 1 aliphatic rings. The second-order valence-corrected chi connectivity index (χ2v) is 9.11. The molecule has 0 radical (unpaired) electrons. The van der Waals surface area contributed by atoms with Gasteiger partial charge in [-0.15, -0.1) is 0 Å². The lowest BCUT2D eigenvalue weighted by Crippen LogP contribution is -2.51. The molecule has 192 valence electrons. The zero-order valence-corrected chi connectivity index (χ0v) is 20.3. The molecule has 0 atom stereocenters. The summed E-state index contributed by atoms with van der Waals surface area (Å²) in [5.41, 5.74) is 0.101. The number of hydrogen-bond donors (Lipinski definition) is 1. The van der Waals surface area contributed by atoms with Crippen molar-refractivity contribution in [2.45, 2.75) is 19.3 Å². The summed E-state index contributed by atoms with van der Waals surface area (Å²) in [6, 6.07) is 19.4. The molecule has 0 unspecified atom stereocenters. The van der Waals surface area contributed by atoms with Gasteiger partial charge in [0.1, 0.15) is 11.6 Å². The zero-order valence-electron chi connectivity index (χ0n) is 20.3. The molecule has 1 N–H and O–H groups in total. The Bertz CT molecular complexity index is 1260. The number of benzene rings is 3. The first-order valence-electron chi connectivity index (χ1n) is 11.9. The first-order chi connectivity index (χ1) is 17.7. The third-order valence-corrected chi connectivity index (χ3v) is 6.78. The molecule has 0 bridgehead atoms. The smallest absolute Gasteiger partial charge is 0.324 e. The predicted molar refractivity (Wildman–Crippen MR) is 136 cm³/mol. The van der Waals surface area contributed by atoms with Gasteiger partial charge in [-0.05, 0) is 73.5 Å². The van der Waals surface area contributed by atoms with Crippen LogP contribution in [0.15, 0.2) is 78.9 Å². The molecule has 0 aromatic heterocycles. The highest BCUT2D eigenvalue weighted by Gasteiger charge is 2.45. The van der Waals surface area contributed by atoms with Gasteiger partial charge in [0, 0.05) is 43.6 Å². The van der Waals surface area contributed by atoms with Crippen LogP contribution in [0.3, 0.4) is 0 Å². The third-order valence-electron chi connectivity index (χ3n) is 6.78. The number of urea groups is 1. The molecule has 1 fully saturated rings. The summed E-state index contributed by atoms with van der Waals surface area (Å²) in [5, 5.41) is 10.2. The molecule has 0 spiro atoms. The molecule has 0 aliphatic carbocycles.